The lowest BCUT2D eigenvalue weighted by Crippen LogP contribution is -2.51. The highest BCUT2D eigenvalue weighted by Gasteiger charge is 2.30. The van der Waals surface area contributed by atoms with Crippen molar-refractivity contribution in [1.29, 1.82) is 0 Å². The molecule has 0 spiro atoms. The maximum absolute atomic E-state index is 12.7. The van der Waals surface area contributed by atoms with Crippen LogP contribution in [0.1, 0.15) is 34.5 Å². The number of carbonyl (C=O) groups excluding carboxylic acids is 1. The van der Waals surface area contributed by atoms with Gasteiger partial charge in [-0.05, 0) is 56.5 Å². The molecule has 1 aliphatic rings. The van der Waals surface area contributed by atoms with Crippen molar-refractivity contribution in [1.82, 2.24) is 14.5 Å². The monoisotopic (exact) mass is 435 g/mol. The van der Waals surface area contributed by atoms with Crippen LogP contribution >= 0.6 is 11.3 Å². The number of aryl methyl sites for hydroxylation is 3. The van der Waals surface area contributed by atoms with E-state index in [1.807, 2.05) is 30.9 Å². The second kappa shape index (κ2) is 8.95. The number of amides is 1. The summed E-state index contributed by atoms with van der Waals surface area (Å²) in [5, 5.41) is 3.05. The van der Waals surface area contributed by atoms with Gasteiger partial charge >= 0.3 is 0 Å². The first kappa shape index (κ1) is 22.0. The van der Waals surface area contributed by atoms with Crippen molar-refractivity contribution < 1.29 is 13.2 Å². The molecular weight excluding hydrogens is 406 g/mol. The molecule has 1 aromatic carbocycles. The minimum atomic E-state index is -3.43. The van der Waals surface area contributed by atoms with Crippen molar-refractivity contribution in [2.75, 3.05) is 32.7 Å². The van der Waals surface area contributed by atoms with Gasteiger partial charge in [0.25, 0.3) is 10.0 Å². The smallest absolute Gasteiger partial charge is 0.252 e. The standard InChI is InChI=1S/C21H29N3O3S2/c1-15-5-7-19(13-16(15)2)18(4)22-20(25)14-23-9-11-24(12-10-23)29(26,27)21-8-6-17(3)28-21/h5-8,13,18H,9-12,14H2,1-4H3,(H,22,25). The van der Waals surface area contributed by atoms with Crippen molar-refractivity contribution in [2.45, 2.75) is 37.9 Å². The SMILES string of the molecule is Cc1ccc(S(=O)(=O)N2CCN(CC(=O)NC(C)c3ccc(C)c(C)c3)CC2)s1. The fourth-order valence-electron chi connectivity index (χ4n) is 3.41. The van der Waals surface area contributed by atoms with Crippen LogP contribution in [0.5, 0.6) is 0 Å². The van der Waals surface area contributed by atoms with Crippen molar-refractivity contribution in [2.24, 2.45) is 0 Å². The molecular formula is C21H29N3O3S2. The molecule has 2 heterocycles. The predicted molar refractivity (Wildman–Crippen MR) is 117 cm³/mol. The third-order valence-corrected chi connectivity index (χ3v) is 8.78. The van der Waals surface area contributed by atoms with Crippen molar-refractivity contribution in [3.63, 3.8) is 0 Å². The molecule has 1 unspecified atom stereocenters. The molecule has 1 atom stereocenters. The van der Waals surface area contributed by atoms with Crippen molar-refractivity contribution in [3.05, 3.63) is 51.9 Å². The molecule has 158 valence electrons. The summed E-state index contributed by atoms with van der Waals surface area (Å²) in [5.41, 5.74) is 3.53. The van der Waals surface area contributed by atoms with Crippen LogP contribution in [0.3, 0.4) is 0 Å². The van der Waals surface area contributed by atoms with E-state index in [9.17, 15) is 13.2 Å². The lowest BCUT2D eigenvalue weighted by molar-refractivity contribution is -0.123. The van der Waals surface area contributed by atoms with Gasteiger partial charge in [-0.2, -0.15) is 4.31 Å². The highest BCUT2D eigenvalue weighted by molar-refractivity contribution is 7.91. The number of rotatable bonds is 6. The van der Waals surface area contributed by atoms with E-state index in [4.69, 9.17) is 0 Å². The fourth-order valence-corrected chi connectivity index (χ4v) is 6.27. The summed E-state index contributed by atoms with van der Waals surface area (Å²) in [6.45, 7) is 10.2. The van der Waals surface area contributed by atoms with Gasteiger partial charge in [-0.1, -0.05) is 18.2 Å². The Kier molecular flexibility index (Phi) is 6.78. The number of nitrogens with zero attached hydrogens (tertiary/aromatic N) is 2. The number of nitrogens with one attached hydrogen (secondary N) is 1. The van der Waals surface area contributed by atoms with E-state index in [-0.39, 0.29) is 18.5 Å². The van der Waals surface area contributed by atoms with Crippen LogP contribution in [0.2, 0.25) is 0 Å². The summed E-state index contributed by atoms with van der Waals surface area (Å²) in [4.78, 5) is 15.5. The van der Waals surface area contributed by atoms with Gasteiger partial charge in [-0.15, -0.1) is 11.3 Å². The molecule has 1 aromatic heterocycles. The molecule has 2 aromatic rings. The summed E-state index contributed by atoms with van der Waals surface area (Å²) in [6.07, 6.45) is 0. The first-order chi connectivity index (χ1) is 13.7. The molecule has 8 heteroatoms. The third-order valence-electron chi connectivity index (χ3n) is 5.42. The third kappa shape index (κ3) is 5.25. The second-order valence-electron chi connectivity index (χ2n) is 7.68. The molecule has 1 amide bonds. The fraction of sp³-hybridized carbons (Fsp3) is 0.476. The van der Waals surface area contributed by atoms with E-state index in [0.29, 0.717) is 30.4 Å². The summed E-state index contributed by atoms with van der Waals surface area (Å²) < 4.78 is 27.4. The van der Waals surface area contributed by atoms with Crippen LogP contribution in [-0.4, -0.2) is 56.3 Å². The van der Waals surface area contributed by atoms with E-state index < -0.39 is 10.0 Å². The van der Waals surface area contributed by atoms with Crippen LogP contribution in [0.25, 0.3) is 0 Å². The van der Waals surface area contributed by atoms with E-state index in [2.05, 4.69) is 31.3 Å². The summed E-state index contributed by atoms with van der Waals surface area (Å²) >= 11 is 1.30. The molecule has 29 heavy (non-hydrogen) atoms. The van der Waals surface area contributed by atoms with E-state index >= 15 is 0 Å². The van der Waals surface area contributed by atoms with E-state index in [1.54, 1.807) is 6.07 Å². The Bertz CT molecular complexity index is 977. The van der Waals surface area contributed by atoms with Crippen LogP contribution < -0.4 is 5.32 Å². The number of hydrogen-bond acceptors (Lipinski definition) is 5. The number of hydrogen-bond donors (Lipinski definition) is 1. The topological polar surface area (TPSA) is 69.7 Å². The zero-order chi connectivity index (χ0) is 21.2. The molecule has 1 aliphatic heterocycles. The number of piperazine rings is 1. The van der Waals surface area contributed by atoms with Crippen molar-refractivity contribution >= 4 is 27.3 Å². The molecule has 0 aliphatic carbocycles. The number of benzene rings is 1. The molecule has 1 saturated heterocycles. The Hall–Kier alpha value is -1.74. The minimum absolute atomic E-state index is 0.0408. The van der Waals surface area contributed by atoms with E-state index in [1.165, 1.54) is 26.8 Å². The lowest BCUT2D eigenvalue weighted by atomic mass is 10.0. The maximum atomic E-state index is 12.7. The first-order valence-corrected chi connectivity index (χ1v) is 12.1. The van der Waals surface area contributed by atoms with Gasteiger partial charge < -0.3 is 5.32 Å². The normalized spacial score (nSPS) is 17.2. The average Bonchev–Trinajstić information content (AvgIpc) is 3.11. The second-order valence-corrected chi connectivity index (χ2v) is 11.1. The van der Waals surface area contributed by atoms with Gasteiger partial charge in [0.05, 0.1) is 12.6 Å². The molecule has 3 rings (SSSR count). The number of carbonyl (C=O) groups is 1. The maximum Gasteiger partial charge on any atom is 0.252 e. The lowest BCUT2D eigenvalue weighted by Gasteiger charge is -2.33. The largest absolute Gasteiger partial charge is 0.348 e. The highest BCUT2D eigenvalue weighted by Crippen LogP contribution is 2.25. The minimum Gasteiger partial charge on any atom is -0.348 e. The highest BCUT2D eigenvalue weighted by atomic mass is 32.2. The molecule has 0 bridgehead atoms. The first-order valence-electron chi connectivity index (χ1n) is 9.82. The van der Waals surface area contributed by atoms with Gasteiger partial charge in [0.1, 0.15) is 4.21 Å². The zero-order valence-corrected chi connectivity index (χ0v) is 19.1. The average molecular weight is 436 g/mol. The summed E-state index contributed by atoms with van der Waals surface area (Å²) in [6, 6.07) is 9.66. The van der Waals surface area contributed by atoms with Crippen LogP contribution in [0, 0.1) is 20.8 Å². The molecule has 0 radical (unpaired) electrons. The molecule has 0 saturated carbocycles. The Labute approximate surface area is 177 Å². The summed E-state index contributed by atoms with van der Waals surface area (Å²) in [7, 11) is -3.43. The Morgan fingerprint density at radius 1 is 1.07 bits per heavy atom. The quantitative estimate of drug-likeness (QED) is 0.758. The Balaban J connectivity index is 1.51. The van der Waals surface area contributed by atoms with Gasteiger partial charge in [0.15, 0.2) is 0 Å². The zero-order valence-electron chi connectivity index (χ0n) is 17.4. The molecule has 6 nitrogen and oxygen atoms in total. The Morgan fingerprint density at radius 3 is 2.34 bits per heavy atom. The van der Waals surface area contributed by atoms with Gasteiger partial charge in [-0.3, -0.25) is 9.69 Å². The van der Waals surface area contributed by atoms with Crippen LogP contribution in [0.4, 0.5) is 0 Å². The number of sulfonamides is 1. The molecule has 1 fully saturated rings. The van der Waals surface area contributed by atoms with Crippen LogP contribution in [-0.2, 0) is 14.8 Å². The van der Waals surface area contributed by atoms with Gasteiger partial charge in [0, 0.05) is 31.1 Å². The molecule has 1 N–H and O–H groups in total. The van der Waals surface area contributed by atoms with E-state index in [0.717, 1.165) is 10.4 Å². The van der Waals surface area contributed by atoms with Crippen molar-refractivity contribution in [3.8, 4) is 0 Å². The predicted octanol–water partition coefficient (Wildman–Crippen LogP) is 2.86. The number of thiophene rings is 1. The van der Waals surface area contributed by atoms with Gasteiger partial charge in [0.2, 0.25) is 5.91 Å². The van der Waals surface area contributed by atoms with Gasteiger partial charge in [-0.25, -0.2) is 8.42 Å². The van der Waals surface area contributed by atoms with Crippen LogP contribution in [0.15, 0.2) is 34.5 Å². The Morgan fingerprint density at radius 2 is 1.76 bits per heavy atom. The summed E-state index contributed by atoms with van der Waals surface area (Å²) in [5.74, 6) is -0.0408.